The van der Waals surface area contributed by atoms with E-state index in [0.29, 0.717) is 18.8 Å². The molecule has 0 amide bonds. The van der Waals surface area contributed by atoms with E-state index in [1.165, 1.54) is 5.56 Å². The Balaban J connectivity index is 2.95. The summed E-state index contributed by atoms with van der Waals surface area (Å²) in [5, 5.41) is 0. The number of carbonyl (C=O) groups excluding carboxylic acids is 1. The van der Waals surface area contributed by atoms with Crippen molar-refractivity contribution < 1.29 is 9.53 Å². The Morgan fingerprint density at radius 3 is 2.56 bits per heavy atom. The molecule has 1 rings (SSSR count). The summed E-state index contributed by atoms with van der Waals surface area (Å²) in [7, 11) is 1.67. The Hall–Kier alpha value is -1.31. The van der Waals surface area contributed by atoms with Gasteiger partial charge in [0.15, 0.2) is 0 Å². The van der Waals surface area contributed by atoms with E-state index in [1.54, 1.807) is 7.11 Å². The molecular weight excluding hydrogens is 200 g/mol. The molecule has 0 aliphatic carbocycles. The monoisotopic (exact) mass is 220 g/mol. The second-order valence-electron chi connectivity index (χ2n) is 4.30. The van der Waals surface area contributed by atoms with Crippen LogP contribution in [0.2, 0.25) is 0 Å². The summed E-state index contributed by atoms with van der Waals surface area (Å²) in [6.07, 6.45) is 1.10. The number of hydrogen-bond acceptors (Lipinski definition) is 2. The molecular formula is C14H20O2. The maximum Gasteiger partial charge on any atom is 0.136 e. The largest absolute Gasteiger partial charge is 0.496 e. The van der Waals surface area contributed by atoms with E-state index in [1.807, 2.05) is 19.1 Å². The van der Waals surface area contributed by atoms with Crippen molar-refractivity contribution in [3.63, 3.8) is 0 Å². The van der Waals surface area contributed by atoms with Crippen LogP contribution < -0.4 is 4.74 Å². The van der Waals surface area contributed by atoms with E-state index in [2.05, 4.69) is 19.9 Å². The second kappa shape index (κ2) is 5.69. The lowest BCUT2D eigenvalue weighted by atomic mass is 9.98. The lowest BCUT2D eigenvalue weighted by Crippen LogP contribution is -2.02. The van der Waals surface area contributed by atoms with Crippen molar-refractivity contribution in [2.24, 2.45) is 0 Å². The topological polar surface area (TPSA) is 26.3 Å². The molecule has 0 N–H and O–H groups in total. The van der Waals surface area contributed by atoms with Crippen LogP contribution in [0.15, 0.2) is 18.2 Å². The van der Waals surface area contributed by atoms with Gasteiger partial charge in [0.05, 0.1) is 7.11 Å². The van der Waals surface area contributed by atoms with Crippen LogP contribution in [-0.2, 0) is 11.2 Å². The van der Waals surface area contributed by atoms with Crippen molar-refractivity contribution in [3.05, 3.63) is 29.3 Å². The van der Waals surface area contributed by atoms with Gasteiger partial charge >= 0.3 is 0 Å². The Morgan fingerprint density at radius 2 is 2.06 bits per heavy atom. The van der Waals surface area contributed by atoms with Crippen LogP contribution in [0.25, 0.3) is 0 Å². The number of rotatable bonds is 5. The lowest BCUT2D eigenvalue weighted by molar-refractivity contribution is -0.118. The molecule has 1 aromatic carbocycles. The van der Waals surface area contributed by atoms with Crippen molar-refractivity contribution in [3.8, 4) is 5.75 Å². The summed E-state index contributed by atoms with van der Waals surface area (Å²) < 4.78 is 5.35. The zero-order valence-electron chi connectivity index (χ0n) is 10.5. The molecule has 0 aliphatic rings. The van der Waals surface area contributed by atoms with Gasteiger partial charge in [0.1, 0.15) is 11.5 Å². The molecule has 0 aliphatic heterocycles. The molecule has 0 atom stereocenters. The zero-order chi connectivity index (χ0) is 12.1. The van der Waals surface area contributed by atoms with Crippen LogP contribution >= 0.6 is 0 Å². The highest BCUT2D eigenvalue weighted by molar-refractivity contribution is 5.80. The Labute approximate surface area is 97.6 Å². The van der Waals surface area contributed by atoms with Gasteiger partial charge in [-0.05, 0) is 23.1 Å². The normalized spacial score (nSPS) is 10.6. The summed E-state index contributed by atoms with van der Waals surface area (Å²) >= 11 is 0. The SMILES string of the molecule is CCC(=O)Cc1ccc(C(C)C)c(OC)c1. The zero-order valence-corrected chi connectivity index (χ0v) is 10.5. The fraction of sp³-hybridized carbons (Fsp3) is 0.500. The van der Waals surface area contributed by atoms with Gasteiger partial charge in [-0.25, -0.2) is 0 Å². The van der Waals surface area contributed by atoms with Gasteiger partial charge in [-0.1, -0.05) is 32.9 Å². The van der Waals surface area contributed by atoms with Crippen molar-refractivity contribution in [1.29, 1.82) is 0 Å². The molecule has 0 radical (unpaired) electrons. The quantitative estimate of drug-likeness (QED) is 0.760. The summed E-state index contributed by atoms with van der Waals surface area (Å²) in [6.45, 7) is 6.16. The number of methoxy groups -OCH3 is 1. The van der Waals surface area contributed by atoms with Crippen molar-refractivity contribution in [2.45, 2.75) is 39.5 Å². The maximum atomic E-state index is 11.4. The van der Waals surface area contributed by atoms with Crippen LogP contribution in [0.3, 0.4) is 0 Å². The molecule has 2 heteroatoms. The maximum absolute atomic E-state index is 11.4. The predicted molar refractivity (Wildman–Crippen MR) is 66.1 cm³/mol. The van der Waals surface area contributed by atoms with E-state index >= 15 is 0 Å². The smallest absolute Gasteiger partial charge is 0.136 e. The van der Waals surface area contributed by atoms with Crippen LogP contribution in [-0.4, -0.2) is 12.9 Å². The number of carbonyl (C=O) groups is 1. The average molecular weight is 220 g/mol. The lowest BCUT2D eigenvalue weighted by Gasteiger charge is -2.13. The molecule has 16 heavy (non-hydrogen) atoms. The molecule has 0 bridgehead atoms. The van der Waals surface area contributed by atoms with Crippen LogP contribution in [0.5, 0.6) is 5.75 Å². The average Bonchev–Trinajstić information content (AvgIpc) is 2.28. The number of Topliss-reactive ketones (excluding diaryl/α,β-unsaturated/α-hetero) is 1. The van der Waals surface area contributed by atoms with E-state index < -0.39 is 0 Å². The first-order chi connectivity index (χ1) is 7.58. The van der Waals surface area contributed by atoms with Gasteiger partial charge < -0.3 is 4.74 Å². The molecule has 0 fully saturated rings. The molecule has 0 aromatic heterocycles. The molecule has 0 spiro atoms. The number of ether oxygens (including phenoxy) is 1. The second-order valence-corrected chi connectivity index (χ2v) is 4.30. The molecule has 0 heterocycles. The van der Waals surface area contributed by atoms with Crippen LogP contribution in [0.4, 0.5) is 0 Å². The third-order valence-electron chi connectivity index (χ3n) is 2.72. The number of benzene rings is 1. The van der Waals surface area contributed by atoms with Crippen molar-refractivity contribution in [2.75, 3.05) is 7.11 Å². The minimum atomic E-state index is 0.263. The molecule has 2 nitrogen and oxygen atoms in total. The summed E-state index contributed by atoms with van der Waals surface area (Å²) in [6, 6.07) is 6.05. The van der Waals surface area contributed by atoms with Gasteiger partial charge in [-0.2, -0.15) is 0 Å². The molecule has 1 aromatic rings. The number of ketones is 1. The standard InChI is InChI=1S/C14H20O2/c1-5-12(15)8-11-6-7-13(10(2)3)14(9-11)16-4/h6-7,9-10H,5,8H2,1-4H3. The van der Waals surface area contributed by atoms with E-state index in [0.717, 1.165) is 11.3 Å². The fourth-order valence-electron chi connectivity index (χ4n) is 1.70. The minimum Gasteiger partial charge on any atom is -0.496 e. The van der Waals surface area contributed by atoms with E-state index in [-0.39, 0.29) is 5.78 Å². The first-order valence-corrected chi connectivity index (χ1v) is 5.77. The first-order valence-electron chi connectivity index (χ1n) is 5.77. The highest BCUT2D eigenvalue weighted by Gasteiger charge is 2.09. The van der Waals surface area contributed by atoms with Gasteiger partial charge in [0, 0.05) is 12.8 Å². The minimum absolute atomic E-state index is 0.263. The van der Waals surface area contributed by atoms with E-state index in [9.17, 15) is 4.79 Å². The Bertz CT molecular complexity index is 367. The van der Waals surface area contributed by atoms with Gasteiger partial charge in [0.2, 0.25) is 0 Å². The summed E-state index contributed by atoms with van der Waals surface area (Å²) in [5.74, 6) is 1.58. The predicted octanol–water partition coefficient (Wildman–Crippen LogP) is 3.34. The van der Waals surface area contributed by atoms with Gasteiger partial charge in [0.25, 0.3) is 0 Å². The highest BCUT2D eigenvalue weighted by Crippen LogP contribution is 2.27. The van der Waals surface area contributed by atoms with Crippen LogP contribution in [0.1, 0.15) is 44.2 Å². The highest BCUT2D eigenvalue weighted by atomic mass is 16.5. The molecule has 0 saturated heterocycles. The first kappa shape index (κ1) is 12.8. The molecule has 0 unspecified atom stereocenters. The molecule has 88 valence electrons. The third-order valence-corrected chi connectivity index (χ3v) is 2.72. The van der Waals surface area contributed by atoms with Crippen molar-refractivity contribution >= 4 is 5.78 Å². The third kappa shape index (κ3) is 3.09. The molecule has 0 saturated carbocycles. The van der Waals surface area contributed by atoms with Crippen LogP contribution in [0, 0.1) is 0 Å². The Morgan fingerprint density at radius 1 is 1.38 bits per heavy atom. The summed E-state index contributed by atoms with van der Waals surface area (Å²) in [5.41, 5.74) is 2.23. The van der Waals surface area contributed by atoms with Gasteiger partial charge in [-0.3, -0.25) is 4.79 Å². The summed E-state index contributed by atoms with van der Waals surface area (Å²) in [4.78, 5) is 11.4. The Kier molecular flexibility index (Phi) is 4.53. The fourth-order valence-corrected chi connectivity index (χ4v) is 1.70. The van der Waals surface area contributed by atoms with Crippen molar-refractivity contribution in [1.82, 2.24) is 0 Å². The van der Waals surface area contributed by atoms with E-state index in [4.69, 9.17) is 4.74 Å². The number of hydrogen-bond donors (Lipinski definition) is 0. The van der Waals surface area contributed by atoms with Gasteiger partial charge in [-0.15, -0.1) is 0 Å².